The van der Waals surface area contributed by atoms with Crippen molar-refractivity contribution >= 4 is 23.3 Å². The molecule has 0 aliphatic carbocycles. The molecule has 1 aromatic heterocycles. The van der Waals surface area contributed by atoms with Crippen LogP contribution in [0.2, 0.25) is 5.02 Å². The minimum atomic E-state index is -0.658. The van der Waals surface area contributed by atoms with Crippen molar-refractivity contribution in [3.63, 3.8) is 0 Å². The van der Waals surface area contributed by atoms with Gasteiger partial charge in [-0.25, -0.2) is 4.39 Å². The zero-order valence-corrected chi connectivity index (χ0v) is 11.1. The number of H-pyrrole nitrogens is 1. The Balaban J connectivity index is 2.11. The minimum Gasteiger partial charge on any atom is -0.305 e. The fourth-order valence-electron chi connectivity index (χ4n) is 1.68. The van der Waals surface area contributed by atoms with E-state index in [0.29, 0.717) is 5.82 Å². The van der Waals surface area contributed by atoms with Crippen molar-refractivity contribution in [1.82, 2.24) is 10.2 Å². The van der Waals surface area contributed by atoms with E-state index in [1.165, 1.54) is 12.1 Å². The number of hydrogen-bond acceptors (Lipinski definition) is 2. The highest BCUT2D eigenvalue weighted by Crippen LogP contribution is 2.16. The van der Waals surface area contributed by atoms with Gasteiger partial charge in [0.1, 0.15) is 5.82 Å². The molecule has 0 atom stereocenters. The Bertz CT molecular complexity index is 597. The summed E-state index contributed by atoms with van der Waals surface area (Å²) in [7, 11) is 0. The first kappa shape index (κ1) is 13.5. The molecule has 0 bridgehead atoms. The molecule has 100 valence electrons. The molecule has 0 unspecified atom stereocenters. The fourth-order valence-corrected chi connectivity index (χ4v) is 1.84. The van der Waals surface area contributed by atoms with Crippen LogP contribution in [0.25, 0.3) is 0 Å². The third-order valence-corrected chi connectivity index (χ3v) is 2.80. The lowest BCUT2D eigenvalue weighted by molar-refractivity contribution is 0.102. The number of aromatic nitrogens is 2. The van der Waals surface area contributed by atoms with Crippen molar-refractivity contribution in [3.05, 3.63) is 46.4 Å². The lowest BCUT2D eigenvalue weighted by Crippen LogP contribution is -2.13. The Labute approximate surface area is 115 Å². The number of carbonyl (C=O) groups excluding carboxylic acids is 1. The summed E-state index contributed by atoms with van der Waals surface area (Å²) in [6.07, 6.45) is 1.82. The highest BCUT2D eigenvalue weighted by Gasteiger charge is 2.13. The van der Waals surface area contributed by atoms with E-state index in [1.807, 2.05) is 6.92 Å². The van der Waals surface area contributed by atoms with Gasteiger partial charge in [-0.1, -0.05) is 24.9 Å². The molecule has 0 radical (unpaired) electrons. The van der Waals surface area contributed by atoms with Crippen molar-refractivity contribution in [2.45, 2.75) is 19.8 Å². The van der Waals surface area contributed by atoms with Crippen molar-refractivity contribution in [3.8, 4) is 0 Å². The maximum atomic E-state index is 13.6. The van der Waals surface area contributed by atoms with Crippen LogP contribution in [-0.4, -0.2) is 16.1 Å². The first-order chi connectivity index (χ1) is 9.10. The highest BCUT2D eigenvalue weighted by molar-refractivity contribution is 6.30. The average molecular weight is 282 g/mol. The van der Waals surface area contributed by atoms with E-state index in [1.54, 1.807) is 6.07 Å². The van der Waals surface area contributed by atoms with Crippen LogP contribution >= 0.6 is 11.6 Å². The van der Waals surface area contributed by atoms with Gasteiger partial charge in [-0.3, -0.25) is 9.89 Å². The monoisotopic (exact) mass is 281 g/mol. The molecule has 2 N–H and O–H groups in total. The zero-order valence-electron chi connectivity index (χ0n) is 10.3. The predicted molar refractivity (Wildman–Crippen MR) is 71.9 cm³/mol. The minimum absolute atomic E-state index is 0.0653. The van der Waals surface area contributed by atoms with E-state index >= 15 is 0 Å². The van der Waals surface area contributed by atoms with Crippen LogP contribution in [-0.2, 0) is 6.42 Å². The van der Waals surface area contributed by atoms with Gasteiger partial charge in [0.25, 0.3) is 5.91 Å². The Morgan fingerprint density at radius 1 is 1.47 bits per heavy atom. The Hall–Kier alpha value is -1.88. The van der Waals surface area contributed by atoms with Crippen LogP contribution in [0.3, 0.4) is 0 Å². The fraction of sp³-hybridized carbons (Fsp3) is 0.231. The molecule has 1 amide bonds. The molecule has 1 heterocycles. The largest absolute Gasteiger partial charge is 0.305 e. The normalized spacial score (nSPS) is 10.5. The van der Waals surface area contributed by atoms with Crippen LogP contribution < -0.4 is 5.32 Å². The van der Waals surface area contributed by atoms with Crippen LogP contribution in [0.15, 0.2) is 24.3 Å². The average Bonchev–Trinajstić information content (AvgIpc) is 2.76. The molecule has 2 rings (SSSR count). The number of rotatable bonds is 4. The van der Waals surface area contributed by atoms with Crippen LogP contribution in [0.1, 0.15) is 29.4 Å². The molecule has 1 aromatic carbocycles. The zero-order chi connectivity index (χ0) is 13.8. The third kappa shape index (κ3) is 3.32. The molecule has 0 fully saturated rings. The molecule has 4 nitrogen and oxygen atoms in total. The van der Waals surface area contributed by atoms with Crippen molar-refractivity contribution < 1.29 is 9.18 Å². The summed E-state index contributed by atoms with van der Waals surface area (Å²) in [5.41, 5.74) is 0.860. The number of benzene rings is 1. The van der Waals surface area contributed by atoms with E-state index < -0.39 is 11.7 Å². The number of halogens is 2. The molecular weight excluding hydrogens is 269 g/mol. The van der Waals surface area contributed by atoms with Crippen LogP contribution in [0.5, 0.6) is 0 Å². The number of hydrogen-bond donors (Lipinski definition) is 2. The first-order valence-corrected chi connectivity index (χ1v) is 6.28. The number of amides is 1. The number of anilines is 1. The van der Waals surface area contributed by atoms with Crippen molar-refractivity contribution in [2.24, 2.45) is 0 Å². The Kier molecular flexibility index (Phi) is 4.16. The van der Waals surface area contributed by atoms with Gasteiger partial charge in [-0.05, 0) is 24.6 Å². The van der Waals surface area contributed by atoms with Crippen LogP contribution in [0, 0.1) is 5.82 Å². The third-order valence-electron chi connectivity index (χ3n) is 2.57. The molecule has 0 aliphatic heterocycles. The number of aryl methyl sites for hydroxylation is 1. The van der Waals surface area contributed by atoms with Gasteiger partial charge in [-0.15, -0.1) is 0 Å². The number of nitrogens with zero attached hydrogens (tertiary/aromatic N) is 1. The summed E-state index contributed by atoms with van der Waals surface area (Å²) < 4.78 is 13.6. The smallest absolute Gasteiger partial charge is 0.259 e. The summed E-state index contributed by atoms with van der Waals surface area (Å²) in [6.45, 7) is 2.04. The molecule has 0 aliphatic rings. The van der Waals surface area contributed by atoms with Crippen LogP contribution in [0.4, 0.5) is 10.2 Å². The van der Waals surface area contributed by atoms with Crippen molar-refractivity contribution in [1.29, 1.82) is 0 Å². The predicted octanol–water partition coefficient (Wildman–Crippen LogP) is 3.41. The van der Waals surface area contributed by atoms with Gasteiger partial charge in [-0.2, -0.15) is 5.10 Å². The van der Waals surface area contributed by atoms with E-state index in [2.05, 4.69) is 15.5 Å². The molecule has 0 spiro atoms. The van der Waals surface area contributed by atoms with Gasteiger partial charge in [0.2, 0.25) is 0 Å². The quantitative estimate of drug-likeness (QED) is 0.902. The van der Waals surface area contributed by atoms with Gasteiger partial charge in [0, 0.05) is 16.8 Å². The van der Waals surface area contributed by atoms with Gasteiger partial charge in [0.15, 0.2) is 5.82 Å². The topological polar surface area (TPSA) is 57.8 Å². The van der Waals surface area contributed by atoms with Gasteiger partial charge < -0.3 is 5.32 Å². The summed E-state index contributed by atoms with van der Waals surface area (Å²) in [4.78, 5) is 11.9. The van der Waals surface area contributed by atoms with Gasteiger partial charge >= 0.3 is 0 Å². The van der Waals surface area contributed by atoms with E-state index in [4.69, 9.17) is 11.6 Å². The van der Waals surface area contributed by atoms with Gasteiger partial charge in [0.05, 0.1) is 5.56 Å². The second-order valence-corrected chi connectivity index (χ2v) is 4.54. The molecule has 19 heavy (non-hydrogen) atoms. The molecule has 0 saturated carbocycles. The van der Waals surface area contributed by atoms with E-state index in [0.717, 1.165) is 24.6 Å². The lowest BCUT2D eigenvalue weighted by Gasteiger charge is -2.03. The van der Waals surface area contributed by atoms with E-state index in [-0.39, 0.29) is 10.6 Å². The molecule has 6 heteroatoms. The number of carbonyl (C=O) groups is 1. The molecule has 2 aromatic rings. The number of nitrogens with one attached hydrogen (secondary N) is 2. The summed E-state index contributed by atoms with van der Waals surface area (Å²) in [5, 5.41) is 9.53. The lowest BCUT2D eigenvalue weighted by atomic mass is 10.2. The molecule has 0 saturated heterocycles. The second kappa shape index (κ2) is 5.84. The standard InChI is InChI=1S/C13H13ClFN3O/c1-2-3-9-7-12(18-17-9)16-13(19)10-5-4-8(14)6-11(10)15/h4-7H,2-3H2,1H3,(H2,16,17,18,19). The first-order valence-electron chi connectivity index (χ1n) is 5.91. The maximum Gasteiger partial charge on any atom is 0.259 e. The Morgan fingerprint density at radius 2 is 2.26 bits per heavy atom. The maximum absolute atomic E-state index is 13.6. The van der Waals surface area contributed by atoms with Crippen molar-refractivity contribution in [2.75, 3.05) is 5.32 Å². The summed E-state index contributed by atoms with van der Waals surface area (Å²) >= 11 is 5.63. The summed E-state index contributed by atoms with van der Waals surface area (Å²) in [6, 6.07) is 5.64. The highest BCUT2D eigenvalue weighted by atomic mass is 35.5. The Morgan fingerprint density at radius 3 is 2.95 bits per heavy atom. The number of aromatic amines is 1. The molecular formula is C13H13ClFN3O. The second-order valence-electron chi connectivity index (χ2n) is 4.11. The SMILES string of the molecule is CCCc1cc(NC(=O)c2ccc(Cl)cc2F)n[nH]1. The van der Waals surface area contributed by atoms with E-state index in [9.17, 15) is 9.18 Å². The summed E-state index contributed by atoms with van der Waals surface area (Å²) in [5.74, 6) is -0.833.